The summed E-state index contributed by atoms with van der Waals surface area (Å²) in [5, 5.41) is 5.18. The highest BCUT2D eigenvalue weighted by Crippen LogP contribution is 2.39. The Balaban J connectivity index is 1.53. The van der Waals surface area contributed by atoms with Gasteiger partial charge in [0.05, 0.1) is 19.7 Å². The summed E-state index contributed by atoms with van der Waals surface area (Å²) in [7, 11) is 3.41. The van der Waals surface area contributed by atoms with Crippen molar-refractivity contribution in [3.05, 3.63) is 23.4 Å². The fourth-order valence-corrected chi connectivity index (χ4v) is 5.32. The van der Waals surface area contributed by atoms with Gasteiger partial charge in [-0.05, 0) is 63.0 Å². The molecule has 5 rings (SSSR count). The molecule has 1 saturated heterocycles. The Morgan fingerprint density at radius 2 is 1.60 bits per heavy atom. The van der Waals surface area contributed by atoms with Crippen molar-refractivity contribution in [2.75, 3.05) is 32.6 Å². The Bertz CT molecular complexity index is 901. The third-order valence-electron chi connectivity index (χ3n) is 7.21. The second kappa shape index (κ2) is 8.62. The first-order valence-corrected chi connectivity index (χ1v) is 11.8. The standard InChI is InChI=1S/C25H35N3O2/c1-29-23-15-20-22(16-24(23)30-2)27-21-8-6-4-3-5-7-19(21)25(20)26-17-11-13-28(14-12-17)18-9-10-18/h15-18H,3-14H2,1-2H3,(H,26,27). The molecule has 0 atom stereocenters. The van der Waals surface area contributed by atoms with Crippen LogP contribution in [0.5, 0.6) is 11.5 Å². The molecule has 5 nitrogen and oxygen atoms in total. The third kappa shape index (κ3) is 3.96. The molecule has 1 aromatic carbocycles. The minimum atomic E-state index is 0.535. The quantitative estimate of drug-likeness (QED) is 0.757. The maximum Gasteiger partial charge on any atom is 0.162 e. The highest BCUT2D eigenvalue weighted by Gasteiger charge is 2.32. The topological polar surface area (TPSA) is 46.6 Å². The molecule has 0 bridgehead atoms. The zero-order valence-corrected chi connectivity index (χ0v) is 18.5. The summed E-state index contributed by atoms with van der Waals surface area (Å²) in [6.45, 7) is 2.45. The molecule has 0 amide bonds. The van der Waals surface area contributed by atoms with E-state index in [4.69, 9.17) is 14.5 Å². The molecular weight excluding hydrogens is 374 g/mol. The Morgan fingerprint density at radius 1 is 0.900 bits per heavy atom. The highest BCUT2D eigenvalue weighted by atomic mass is 16.5. The van der Waals surface area contributed by atoms with E-state index in [9.17, 15) is 0 Å². The summed E-state index contributed by atoms with van der Waals surface area (Å²) >= 11 is 0. The number of fused-ring (bicyclic) bond motifs is 2. The maximum absolute atomic E-state index is 5.64. The molecule has 1 saturated carbocycles. The summed E-state index contributed by atoms with van der Waals surface area (Å²) in [6.07, 6.45) is 12.6. The van der Waals surface area contributed by atoms with Gasteiger partial charge in [0.15, 0.2) is 11.5 Å². The largest absolute Gasteiger partial charge is 0.493 e. The number of rotatable bonds is 5. The Labute approximate surface area is 180 Å². The van der Waals surface area contributed by atoms with E-state index >= 15 is 0 Å². The van der Waals surface area contributed by atoms with E-state index in [1.165, 1.54) is 86.8 Å². The van der Waals surface area contributed by atoms with Gasteiger partial charge in [-0.25, -0.2) is 0 Å². The average Bonchev–Trinajstić information content (AvgIpc) is 3.60. The highest BCUT2D eigenvalue weighted by molar-refractivity contribution is 5.96. The van der Waals surface area contributed by atoms with E-state index in [0.29, 0.717) is 6.04 Å². The Morgan fingerprint density at radius 3 is 2.30 bits per heavy atom. The summed E-state index contributed by atoms with van der Waals surface area (Å²) in [4.78, 5) is 7.81. The van der Waals surface area contributed by atoms with Gasteiger partial charge >= 0.3 is 0 Å². The van der Waals surface area contributed by atoms with Crippen molar-refractivity contribution in [2.45, 2.75) is 76.3 Å². The van der Waals surface area contributed by atoms with E-state index < -0.39 is 0 Å². The lowest BCUT2D eigenvalue weighted by atomic mass is 9.93. The van der Waals surface area contributed by atoms with Crippen molar-refractivity contribution in [3.8, 4) is 11.5 Å². The van der Waals surface area contributed by atoms with Crippen LogP contribution in [0.4, 0.5) is 5.69 Å². The number of aryl methyl sites for hydroxylation is 1. The summed E-state index contributed by atoms with van der Waals surface area (Å²) in [5.41, 5.74) is 5.05. The van der Waals surface area contributed by atoms with Crippen molar-refractivity contribution in [2.24, 2.45) is 0 Å². The number of hydrogen-bond acceptors (Lipinski definition) is 5. The normalized spacial score (nSPS) is 21.0. The van der Waals surface area contributed by atoms with E-state index in [1.807, 2.05) is 6.07 Å². The summed E-state index contributed by atoms with van der Waals surface area (Å²) in [5.74, 6) is 1.54. The first-order valence-electron chi connectivity index (χ1n) is 11.8. The summed E-state index contributed by atoms with van der Waals surface area (Å²) in [6, 6.07) is 5.59. The van der Waals surface area contributed by atoms with Crippen LogP contribution < -0.4 is 14.8 Å². The molecule has 3 aliphatic rings. The number of anilines is 1. The van der Waals surface area contributed by atoms with Crippen LogP contribution in [0.1, 0.15) is 62.6 Å². The Hall–Kier alpha value is -2.01. The fourth-order valence-electron chi connectivity index (χ4n) is 5.32. The van der Waals surface area contributed by atoms with Crippen molar-refractivity contribution in [1.82, 2.24) is 9.88 Å². The van der Waals surface area contributed by atoms with E-state index in [2.05, 4.69) is 16.3 Å². The van der Waals surface area contributed by atoms with Gasteiger partial charge in [0.2, 0.25) is 0 Å². The predicted octanol–water partition coefficient (Wildman–Crippen LogP) is 4.95. The van der Waals surface area contributed by atoms with Gasteiger partial charge in [0, 0.05) is 48.0 Å². The molecule has 0 spiro atoms. The lowest BCUT2D eigenvalue weighted by Gasteiger charge is -2.34. The number of methoxy groups -OCH3 is 2. The van der Waals surface area contributed by atoms with Crippen LogP contribution in [-0.2, 0) is 12.8 Å². The zero-order chi connectivity index (χ0) is 20.5. The molecule has 2 heterocycles. The minimum absolute atomic E-state index is 0.535. The van der Waals surface area contributed by atoms with Crippen LogP contribution in [-0.4, -0.2) is 49.3 Å². The smallest absolute Gasteiger partial charge is 0.162 e. The van der Waals surface area contributed by atoms with Crippen LogP contribution in [0.2, 0.25) is 0 Å². The first-order chi connectivity index (χ1) is 14.8. The number of pyridine rings is 1. The van der Waals surface area contributed by atoms with Crippen molar-refractivity contribution >= 4 is 16.6 Å². The van der Waals surface area contributed by atoms with Gasteiger partial charge in [-0.15, -0.1) is 0 Å². The van der Waals surface area contributed by atoms with Gasteiger partial charge < -0.3 is 19.7 Å². The number of aromatic nitrogens is 1. The molecule has 1 aromatic heterocycles. The fraction of sp³-hybridized carbons (Fsp3) is 0.640. The maximum atomic E-state index is 5.64. The van der Waals surface area contributed by atoms with Gasteiger partial charge in [-0.1, -0.05) is 12.8 Å². The molecule has 2 fully saturated rings. The van der Waals surface area contributed by atoms with Gasteiger partial charge in [-0.2, -0.15) is 0 Å². The Kier molecular flexibility index (Phi) is 5.72. The van der Waals surface area contributed by atoms with Crippen LogP contribution in [0.15, 0.2) is 12.1 Å². The predicted molar refractivity (Wildman–Crippen MR) is 122 cm³/mol. The second-order valence-electron chi connectivity index (χ2n) is 9.24. The molecule has 1 N–H and O–H groups in total. The van der Waals surface area contributed by atoms with E-state index in [0.717, 1.165) is 35.9 Å². The van der Waals surface area contributed by atoms with Crippen molar-refractivity contribution in [1.29, 1.82) is 0 Å². The van der Waals surface area contributed by atoms with Crippen LogP contribution in [0, 0.1) is 0 Å². The zero-order valence-electron chi connectivity index (χ0n) is 18.5. The molecule has 2 aromatic rings. The lowest BCUT2D eigenvalue weighted by molar-refractivity contribution is 0.210. The third-order valence-corrected chi connectivity index (χ3v) is 7.21. The molecule has 5 heteroatoms. The molecule has 162 valence electrons. The monoisotopic (exact) mass is 409 g/mol. The van der Waals surface area contributed by atoms with Crippen LogP contribution >= 0.6 is 0 Å². The average molecular weight is 410 g/mol. The molecule has 0 radical (unpaired) electrons. The second-order valence-corrected chi connectivity index (χ2v) is 9.24. The minimum Gasteiger partial charge on any atom is -0.493 e. The number of likely N-dealkylation sites (tertiary alicyclic amines) is 1. The molecule has 30 heavy (non-hydrogen) atoms. The van der Waals surface area contributed by atoms with Crippen LogP contribution in [0.3, 0.4) is 0 Å². The number of nitrogens with one attached hydrogen (secondary N) is 1. The molecule has 0 unspecified atom stereocenters. The van der Waals surface area contributed by atoms with E-state index in [1.54, 1.807) is 14.2 Å². The number of ether oxygens (including phenoxy) is 2. The lowest BCUT2D eigenvalue weighted by Crippen LogP contribution is -2.40. The number of piperidine rings is 1. The van der Waals surface area contributed by atoms with E-state index in [-0.39, 0.29) is 0 Å². The number of benzene rings is 1. The first kappa shape index (κ1) is 19.9. The SMILES string of the molecule is COc1cc2nc3c(c(NC4CCN(C5CC5)CC4)c2cc1OC)CCCCCC3. The molecule has 1 aliphatic heterocycles. The number of hydrogen-bond donors (Lipinski definition) is 1. The number of nitrogens with zero attached hydrogens (tertiary/aromatic N) is 2. The van der Waals surface area contributed by atoms with Crippen LogP contribution in [0.25, 0.3) is 10.9 Å². The molecular formula is C25H35N3O2. The van der Waals surface area contributed by atoms with Gasteiger partial charge in [0.1, 0.15) is 0 Å². The molecule has 2 aliphatic carbocycles. The summed E-state index contributed by atoms with van der Waals surface area (Å²) < 4.78 is 11.2. The van der Waals surface area contributed by atoms with Crippen molar-refractivity contribution in [3.63, 3.8) is 0 Å². The van der Waals surface area contributed by atoms with Crippen molar-refractivity contribution < 1.29 is 9.47 Å². The van der Waals surface area contributed by atoms with Gasteiger partial charge in [-0.3, -0.25) is 4.98 Å². The van der Waals surface area contributed by atoms with Gasteiger partial charge in [0.25, 0.3) is 0 Å².